The monoisotopic (exact) mass is 390 g/mol. The van der Waals surface area contributed by atoms with Gasteiger partial charge in [-0.25, -0.2) is 0 Å². The van der Waals surface area contributed by atoms with E-state index in [1.165, 1.54) is 0 Å². The van der Waals surface area contributed by atoms with Crippen molar-refractivity contribution >= 4 is 34.1 Å². The SMILES string of the molecule is Cn1cc(CC(=O)Nc2cc(Cl)ccc2Oc2ccccc2)c2ccccc21. The first-order valence-electron chi connectivity index (χ1n) is 8.95. The molecule has 0 aliphatic heterocycles. The van der Waals surface area contributed by atoms with E-state index in [0.29, 0.717) is 22.2 Å². The van der Waals surface area contributed by atoms with Crippen LogP contribution in [0.15, 0.2) is 79.0 Å². The molecule has 4 nitrogen and oxygen atoms in total. The third-order valence-corrected chi connectivity index (χ3v) is 4.75. The van der Waals surface area contributed by atoms with Crippen LogP contribution >= 0.6 is 11.6 Å². The van der Waals surface area contributed by atoms with Gasteiger partial charge < -0.3 is 14.6 Å². The third-order valence-electron chi connectivity index (χ3n) is 4.52. The number of benzene rings is 3. The molecule has 0 fully saturated rings. The minimum Gasteiger partial charge on any atom is -0.455 e. The van der Waals surface area contributed by atoms with Crippen molar-refractivity contribution in [3.8, 4) is 11.5 Å². The molecule has 0 aliphatic rings. The van der Waals surface area contributed by atoms with E-state index in [2.05, 4.69) is 5.32 Å². The highest BCUT2D eigenvalue weighted by Crippen LogP contribution is 2.32. The van der Waals surface area contributed by atoms with Crippen molar-refractivity contribution in [1.82, 2.24) is 4.57 Å². The average Bonchev–Trinajstić information content (AvgIpc) is 3.00. The van der Waals surface area contributed by atoms with Crippen LogP contribution in [0.4, 0.5) is 5.69 Å². The van der Waals surface area contributed by atoms with E-state index in [0.717, 1.165) is 16.5 Å². The number of carbonyl (C=O) groups is 1. The maximum atomic E-state index is 12.7. The minimum atomic E-state index is -0.128. The number of nitrogens with zero attached hydrogens (tertiary/aromatic N) is 1. The van der Waals surface area contributed by atoms with Crippen molar-refractivity contribution < 1.29 is 9.53 Å². The van der Waals surface area contributed by atoms with Crippen molar-refractivity contribution in [2.75, 3.05) is 5.32 Å². The molecule has 0 aliphatic carbocycles. The predicted octanol–water partition coefficient (Wildman–Crippen LogP) is 5.81. The molecule has 0 spiro atoms. The van der Waals surface area contributed by atoms with E-state index in [1.807, 2.05) is 72.4 Å². The Labute approximate surface area is 168 Å². The van der Waals surface area contributed by atoms with Crippen LogP contribution in [-0.4, -0.2) is 10.5 Å². The molecule has 1 N–H and O–H groups in total. The van der Waals surface area contributed by atoms with Gasteiger partial charge in [-0.05, 0) is 42.0 Å². The summed E-state index contributed by atoms with van der Waals surface area (Å²) in [7, 11) is 1.98. The van der Waals surface area contributed by atoms with Gasteiger partial charge >= 0.3 is 0 Å². The number of amides is 1. The van der Waals surface area contributed by atoms with Gasteiger partial charge in [0.05, 0.1) is 12.1 Å². The zero-order chi connectivity index (χ0) is 19.5. The molecule has 0 unspecified atom stereocenters. The third kappa shape index (κ3) is 3.87. The van der Waals surface area contributed by atoms with Gasteiger partial charge in [0.1, 0.15) is 5.75 Å². The fraction of sp³-hybridized carbons (Fsp3) is 0.0870. The first-order valence-corrected chi connectivity index (χ1v) is 9.33. The number of aryl methyl sites for hydroxylation is 1. The van der Waals surface area contributed by atoms with Crippen LogP contribution in [0.5, 0.6) is 11.5 Å². The summed E-state index contributed by atoms with van der Waals surface area (Å²) in [6.07, 6.45) is 2.25. The maximum Gasteiger partial charge on any atom is 0.228 e. The fourth-order valence-electron chi connectivity index (χ4n) is 3.24. The Bertz CT molecular complexity index is 1140. The highest BCUT2D eigenvalue weighted by atomic mass is 35.5. The number of anilines is 1. The number of ether oxygens (including phenoxy) is 1. The second kappa shape index (κ2) is 7.79. The summed E-state index contributed by atoms with van der Waals surface area (Å²) in [5, 5.41) is 4.54. The van der Waals surface area contributed by atoms with Crippen LogP contribution in [0.2, 0.25) is 5.02 Å². The molecule has 5 heteroatoms. The van der Waals surface area contributed by atoms with Crippen LogP contribution in [0.3, 0.4) is 0 Å². The standard InChI is InChI=1S/C23H19ClN2O2/c1-26-15-16(19-9-5-6-10-21(19)26)13-23(27)25-20-14-17(24)11-12-22(20)28-18-7-3-2-4-8-18/h2-12,14-15H,13H2,1H3,(H,25,27). The van der Waals surface area contributed by atoms with E-state index >= 15 is 0 Å². The lowest BCUT2D eigenvalue weighted by Crippen LogP contribution is -2.14. The second-order valence-corrected chi connectivity index (χ2v) is 7.00. The van der Waals surface area contributed by atoms with Gasteiger partial charge in [-0.1, -0.05) is 48.0 Å². The van der Waals surface area contributed by atoms with E-state index < -0.39 is 0 Å². The highest BCUT2D eigenvalue weighted by Gasteiger charge is 2.13. The number of para-hydroxylation sites is 2. The molecule has 28 heavy (non-hydrogen) atoms. The van der Waals surface area contributed by atoms with Gasteiger partial charge in [0.25, 0.3) is 0 Å². The number of hydrogen-bond acceptors (Lipinski definition) is 2. The van der Waals surface area contributed by atoms with Gasteiger partial charge in [-0.15, -0.1) is 0 Å². The number of nitrogens with one attached hydrogen (secondary N) is 1. The highest BCUT2D eigenvalue weighted by molar-refractivity contribution is 6.31. The van der Waals surface area contributed by atoms with Gasteiger partial charge in [-0.3, -0.25) is 4.79 Å². The lowest BCUT2D eigenvalue weighted by Gasteiger charge is -2.13. The molecular weight excluding hydrogens is 372 g/mol. The molecule has 1 aromatic heterocycles. The van der Waals surface area contributed by atoms with E-state index in [4.69, 9.17) is 16.3 Å². The summed E-state index contributed by atoms with van der Waals surface area (Å²) >= 11 is 6.13. The zero-order valence-electron chi connectivity index (χ0n) is 15.4. The average molecular weight is 391 g/mol. The van der Waals surface area contributed by atoms with Gasteiger partial charge in [0, 0.05) is 29.2 Å². The first-order chi connectivity index (χ1) is 13.6. The van der Waals surface area contributed by atoms with Gasteiger partial charge in [0.15, 0.2) is 5.75 Å². The summed E-state index contributed by atoms with van der Waals surface area (Å²) < 4.78 is 7.94. The van der Waals surface area contributed by atoms with Crippen LogP contribution < -0.4 is 10.1 Å². The maximum absolute atomic E-state index is 12.7. The smallest absolute Gasteiger partial charge is 0.228 e. The summed E-state index contributed by atoms with van der Waals surface area (Å²) in [5.41, 5.74) is 2.62. The Balaban J connectivity index is 1.56. The van der Waals surface area contributed by atoms with Gasteiger partial charge in [-0.2, -0.15) is 0 Å². The largest absolute Gasteiger partial charge is 0.455 e. The molecule has 0 bridgehead atoms. The zero-order valence-corrected chi connectivity index (χ0v) is 16.1. The van der Waals surface area contributed by atoms with Crippen LogP contribution in [0, 0.1) is 0 Å². The Kier molecular flexibility index (Phi) is 5.04. The van der Waals surface area contributed by atoms with Crippen molar-refractivity contribution in [1.29, 1.82) is 0 Å². The minimum absolute atomic E-state index is 0.128. The van der Waals surface area contributed by atoms with Gasteiger partial charge in [0.2, 0.25) is 5.91 Å². The van der Waals surface area contributed by atoms with Crippen LogP contribution in [0.25, 0.3) is 10.9 Å². The van der Waals surface area contributed by atoms with E-state index in [-0.39, 0.29) is 12.3 Å². The van der Waals surface area contributed by atoms with Crippen LogP contribution in [0.1, 0.15) is 5.56 Å². The van der Waals surface area contributed by atoms with E-state index in [9.17, 15) is 4.79 Å². The Morgan fingerprint density at radius 1 is 1.04 bits per heavy atom. The summed E-state index contributed by atoms with van der Waals surface area (Å²) in [6, 6.07) is 22.6. The Morgan fingerprint density at radius 2 is 1.79 bits per heavy atom. The number of fused-ring (bicyclic) bond motifs is 1. The quantitative estimate of drug-likeness (QED) is 0.467. The van der Waals surface area contributed by atoms with Crippen molar-refractivity contribution in [2.45, 2.75) is 6.42 Å². The molecule has 0 radical (unpaired) electrons. The number of hydrogen-bond donors (Lipinski definition) is 1. The van der Waals surface area contributed by atoms with Crippen molar-refractivity contribution in [2.24, 2.45) is 7.05 Å². The predicted molar refractivity (Wildman–Crippen MR) is 113 cm³/mol. The van der Waals surface area contributed by atoms with Crippen LogP contribution in [-0.2, 0) is 18.3 Å². The topological polar surface area (TPSA) is 43.3 Å². The van der Waals surface area contributed by atoms with Crippen molar-refractivity contribution in [3.05, 3.63) is 89.6 Å². The molecule has 4 aromatic rings. The molecule has 140 valence electrons. The molecule has 0 saturated carbocycles. The molecule has 0 atom stereocenters. The number of aromatic nitrogens is 1. The number of rotatable bonds is 5. The van der Waals surface area contributed by atoms with E-state index in [1.54, 1.807) is 18.2 Å². The Morgan fingerprint density at radius 3 is 2.61 bits per heavy atom. The lowest BCUT2D eigenvalue weighted by molar-refractivity contribution is -0.115. The fourth-order valence-corrected chi connectivity index (χ4v) is 3.41. The number of carbonyl (C=O) groups excluding carboxylic acids is 1. The molecule has 1 amide bonds. The summed E-state index contributed by atoms with van der Waals surface area (Å²) in [6.45, 7) is 0. The molecule has 4 rings (SSSR count). The molecule has 3 aromatic carbocycles. The summed E-state index contributed by atoms with van der Waals surface area (Å²) in [5.74, 6) is 1.10. The molecule has 0 saturated heterocycles. The number of halogens is 1. The van der Waals surface area contributed by atoms with Crippen molar-refractivity contribution in [3.63, 3.8) is 0 Å². The normalized spacial score (nSPS) is 10.8. The molecule has 1 heterocycles. The first kappa shape index (κ1) is 18.1. The summed E-state index contributed by atoms with van der Waals surface area (Å²) in [4.78, 5) is 12.7. The Hall–Kier alpha value is -3.24. The lowest BCUT2D eigenvalue weighted by atomic mass is 10.1. The second-order valence-electron chi connectivity index (χ2n) is 6.56. The molecular formula is C23H19ClN2O2.